The number of ether oxygens (including phenoxy) is 1. The lowest BCUT2D eigenvalue weighted by Gasteiger charge is -2.11. The predicted molar refractivity (Wildman–Crippen MR) is 73.1 cm³/mol. The van der Waals surface area contributed by atoms with Crippen LogP contribution < -0.4 is 15.4 Å². The minimum atomic E-state index is 0.0422. The third kappa shape index (κ3) is 5.16. The van der Waals surface area contributed by atoms with Gasteiger partial charge in [0.15, 0.2) is 0 Å². The van der Waals surface area contributed by atoms with Gasteiger partial charge in [0.1, 0.15) is 0 Å². The van der Waals surface area contributed by atoms with Crippen LogP contribution in [0.4, 0.5) is 11.9 Å². The second-order valence-corrected chi connectivity index (χ2v) is 4.79. The molecule has 1 aromatic rings. The van der Waals surface area contributed by atoms with Gasteiger partial charge in [0, 0.05) is 13.6 Å². The highest BCUT2D eigenvalue weighted by molar-refractivity contribution is 5.35. The third-order valence-electron chi connectivity index (χ3n) is 2.18. The number of nitrogens with zero attached hydrogens (tertiary/aromatic N) is 3. The number of hydrogen-bond acceptors (Lipinski definition) is 6. The maximum atomic E-state index is 5.48. The minimum Gasteiger partial charge on any atom is -0.461 e. The molecular formula is C12H23N5O. The topological polar surface area (TPSA) is 72.0 Å². The van der Waals surface area contributed by atoms with E-state index >= 15 is 0 Å². The fraction of sp³-hybridized carbons (Fsp3) is 0.750. The summed E-state index contributed by atoms with van der Waals surface area (Å²) in [7, 11) is 1.77. The summed E-state index contributed by atoms with van der Waals surface area (Å²) in [4.78, 5) is 12.6. The molecule has 0 fully saturated rings. The summed E-state index contributed by atoms with van der Waals surface area (Å²) in [6.45, 7) is 9.08. The first-order valence-corrected chi connectivity index (χ1v) is 6.35. The summed E-state index contributed by atoms with van der Waals surface area (Å²) < 4.78 is 5.48. The Bertz CT molecular complexity index is 367. The lowest BCUT2D eigenvalue weighted by Crippen LogP contribution is -2.14. The Morgan fingerprint density at radius 1 is 1.06 bits per heavy atom. The summed E-state index contributed by atoms with van der Waals surface area (Å²) in [6.07, 6.45) is 1.11. The Balaban J connectivity index is 2.70. The molecule has 6 nitrogen and oxygen atoms in total. The van der Waals surface area contributed by atoms with E-state index in [9.17, 15) is 0 Å². The number of hydrogen-bond donors (Lipinski definition) is 2. The molecule has 0 spiro atoms. The van der Waals surface area contributed by atoms with Gasteiger partial charge in [-0.2, -0.15) is 15.0 Å². The lowest BCUT2D eigenvalue weighted by atomic mass is 10.1. The third-order valence-corrected chi connectivity index (χ3v) is 2.18. The predicted octanol–water partition coefficient (Wildman–Crippen LogP) is 2.16. The molecule has 0 saturated carbocycles. The monoisotopic (exact) mass is 253 g/mol. The van der Waals surface area contributed by atoms with Crippen LogP contribution >= 0.6 is 0 Å². The highest BCUT2D eigenvalue weighted by atomic mass is 16.5. The zero-order chi connectivity index (χ0) is 13.5. The van der Waals surface area contributed by atoms with Crippen molar-refractivity contribution in [2.24, 2.45) is 5.92 Å². The van der Waals surface area contributed by atoms with Crippen molar-refractivity contribution >= 4 is 11.9 Å². The van der Waals surface area contributed by atoms with E-state index < -0.39 is 0 Å². The van der Waals surface area contributed by atoms with Crippen LogP contribution in [0.5, 0.6) is 6.01 Å². The normalized spacial score (nSPS) is 10.8. The van der Waals surface area contributed by atoms with E-state index in [2.05, 4.69) is 39.4 Å². The Hall–Kier alpha value is -1.59. The van der Waals surface area contributed by atoms with Crippen molar-refractivity contribution in [3.63, 3.8) is 0 Å². The van der Waals surface area contributed by atoms with Gasteiger partial charge < -0.3 is 15.4 Å². The van der Waals surface area contributed by atoms with E-state index in [4.69, 9.17) is 4.74 Å². The molecule has 0 unspecified atom stereocenters. The van der Waals surface area contributed by atoms with Crippen LogP contribution in [0.15, 0.2) is 0 Å². The molecule has 0 aromatic carbocycles. The van der Waals surface area contributed by atoms with Crippen LogP contribution in [0.2, 0.25) is 0 Å². The molecule has 0 aliphatic heterocycles. The molecule has 1 rings (SSSR count). The Morgan fingerprint density at radius 2 is 1.72 bits per heavy atom. The van der Waals surface area contributed by atoms with Crippen LogP contribution in [0.3, 0.4) is 0 Å². The maximum Gasteiger partial charge on any atom is 0.323 e. The van der Waals surface area contributed by atoms with Crippen molar-refractivity contribution < 1.29 is 4.74 Å². The molecule has 0 radical (unpaired) electrons. The summed E-state index contributed by atoms with van der Waals surface area (Å²) >= 11 is 0. The molecule has 102 valence electrons. The van der Waals surface area contributed by atoms with Gasteiger partial charge in [-0.3, -0.25) is 0 Å². The minimum absolute atomic E-state index is 0.0422. The molecule has 2 N–H and O–H groups in total. The SMILES string of the molecule is CNc1nc(NCCC(C)C)nc(OC(C)C)n1. The van der Waals surface area contributed by atoms with Crippen LogP contribution in [0.1, 0.15) is 34.1 Å². The van der Waals surface area contributed by atoms with Crippen molar-refractivity contribution in [2.75, 3.05) is 24.2 Å². The van der Waals surface area contributed by atoms with Crippen molar-refractivity contribution in [3.8, 4) is 6.01 Å². The highest BCUT2D eigenvalue weighted by Crippen LogP contribution is 2.12. The first-order chi connectivity index (χ1) is 8.51. The molecule has 0 atom stereocenters. The molecule has 18 heavy (non-hydrogen) atoms. The lowest BCUT2D eigenvalue weighted by molar-refractivity contribution is 0.222. The van der Waals surface area contributed by atoms with E-state index in [0.717, 1.165) is 13.0 Å². The van der Waals surface area contributed by atoms with E-state index in [-0.39, 0.29) is 6.10 Å². The fourth-order valence-electron chi connectivity index (χ4n) is 1.28. The first kappa shape index (κ1) is 14.5. The van der Waals surface area contributed by atoms with Crippen molar-refractivity contribution in [3.05, 3.63) is 0 Å². The molecule has 0 amide bonds. The number of rotatable bonds is 7. The van der Waals surface area contributed by atoms with Gasteiger partial charge in [-0.1, -0.05) is 13.8 Å². The van der Waals surface area contributed by atoms with Gasteiger partial charge in [0.25, 0.3) is 0 Å². The van der Waals surface area contributed by atoms with Gasteiger partial charge in [0.2, 0.25) is 11.9 Å². The smallest absolute Gasteiger partial charge is 0.323 e. The van der Waals surface area contributed by atoms with E-state index in [0.29, 0.717) is 23.8 Å². The standard InChI is InChI=1S/C12H23N5O/c1-8(2)6-7-14-11-15-10(13-5)16-12(17-11)18-9(3)4/h8-9H,6-7H2,1-5H3,(H2,13,14,15,16,17). The quantitative estimate of drug-likeness (QED) is 0.776. The Morgan fingerprint density at radius 3 is 2.28 bits per heavy atom. The summed E-state index contributed by atoms with van der Waals surface area (Å²) in [5, 5.41) is 6.08. The summed E-state index contributed by atoms with van der Waals surface area (Å²) in [5.74, 6) is 1.70. The van der Waals surface area contributed by atoms with Crippen LogP contribution in [-0.4, -0.2) is 34.6 Å². The van der Waals surface area contributed by atoms with E-state index in [1.54, 1.807) is 7.05 Å². The molecular weight excluding hydrogens is 230 g/mol. The molecule has 1 aromatic heterocycles. The average molecular weight is 253 g/mol. The van der Waals surface area contributed by atoms with Crippen LogP contribution in [0, 0.1) is 5.92 Å². The molecule has 0 aliphatic rings. The summed E-state index contributed by atoms with van der Waals surface area (Å²) in [6, 6.07) is 0.344. The molecule has 6 heteroatoms. The van der Waals surface area contributed by atoms with Crippen LogP contribution in [-0.2, 0) is 0 Å². The molecule has 0 aliphatic carbocycles. The molecule has 0 saturated heterocycles. The summed E-state index contributed by atoms with van der Waals surface area (Å²) in [5.41, 5.74) is 0. The first-order valence-electron chi connectivity index (χ1n) is 6.35. The van der Waals surface area contributed by atoms with Gasteiger partial charge in [-0.05, 0) is 26.2 Å². The van der Waals surface area contributed by atoms with Crippen molar-refractivity contribution in [1.82, 2.24) is 15.0 Å². The zero-order valence-corrected chi connectivity index (χ0v) is 11.8. The molecule has 0 bridgehead atoms. The second kappa shape index (κ2) is 6.98. The van der Waals surface area contributed by atoms with E-state index in [1.165, 1.54) is 0 Å². The highest BCUT2D eigenvalue weighted by Gasteiger charge is 2.08. The average Bonchev–Trinajstić information content (AvgIpc) is 2.27. The van der Waals surface area contributed by atoms with Gasteiger partial charge in [0.05, 0.1) is 6.10 Å². The number of nitrogens with one attached hydrogen (secondary N) is 2. The van der Waals surface area contributed by atoms with Gasteiger partial charge in [-0.15, -0.1) is 0 Å². The van der Waals surface area contributed by atoms with Gasteiger partial charge in [-0.25, -0.2) is 0 Å². The van der Waals surface area contributed by atoms with Crippen molar-refractivity contribution in [2.45, 2.75) is 40.2 Å². The maximum absolute atomic E-state index is 5.48. The zero-order valence-electron chi connectivity index (χ0n) is 11.8. The Kier molecular flexibility index (Phi) is 5.61. The second-order valence-electron chi connectivity index (χ2n) is 4.79. The number of anilines is 2. The fourth-order valence-corrected chi connectivity index (χ4v) is 1.28. The number of aromatic nitrogens is 3. The van der Waals surface area contributed by atoms with Crippen LogP contribution in [0.25, 0.3) is 0 Å². The van der Waals surface area contributed by atoms with Gasteiger partial charge >= 0.3 is 6.01 Å². The van der Waals surface area contributed by atoms with Crippen molar-refractivity contribution in [1.29, 1.82) is 0 Å². The largest absolute Gasteiger partial charge is 0.461 e. The Labute approximate surface area is 109 Å². The van der Waals surface area contributed by atoms with E-state index in [1.807, 2.05) is 13.8 Å². The molecule has 1 heterocycles.